The monoisotopic (exact) mass is 365 g/mol. The fraction of sp³-hybridized carbons (Fsp3) is 0.444. The van der Waals surface area contributed by atoms with E-state index in [1.807, 2.05) is 12.1 Å². The summed E-state index contributed by atoms with van der Waals surface area (Å²) >= 11 is 0. The maximum absolute atomic E-state index is 12.3. The van der Waals surface area contributed by atoms with Crippen LogP contribution in [0.4, 0.5) is 0 Å². The first-order valence-electron chi connectivity index (χ1n) is 8.29. The van der Waals surface area contributed by atoms with Crippen LogP contribution in [0.1, 0.15) is 24.2 Å². The Bertz CT molecular complexity index is 781. The highest BCUT2D eigenvalue weighted by Crippen LogP contribution is 2.45. The van der Waals surface area contributed by atoms with Crippen LogP contribution in [-0.4, -0.2) is 32.9 Å². The second-order valence-electron chi connectivity index (χ2n) is 6.41. The molecule has 1 saturated carbocycles. The minimum absolute atomic E-state index is 0.0305. The number of aryl methyl sites for hydroxylation is 1. The molecule has 2 N–H and O–H groups in total. The highest BCUT2D eigenvalue weighted by Gasteiger charge is 2.47. The van der Waals surface area contributed by atoms with Gasteiger partial charge < -0.3 is 14.3 Å². The molecule has 0 amide bonds. The van der Waals surface area contributed by atoms with Crippen LogP contribution in [-0.2, 0) is 22.0 Å². The number of furan rings is 1. The molecule has 1 aliphatic rings. The summed E-state index contributed by atoms with van der Waals surface area (Å²) in [5, 5.41) is 10.9. The Balaban J connectivity index is 1.59. The van der Waals surface area contributed by atoms with Gasteiger partial charge in [-0.3, -0.25) is 0 Å². The fourth-order valence-electron chi connectivity index (χ4n) is 2.85. The number of aliphatic hydroxyl groups is 1. The van der Waals surface area contributed by atoms with Crippen LogP contribution >= 0.6 is 0 Å². The lowest BCUT2D eigenvalue weighted by Crippen LogP contribution is -2.43. The van der Waals surface area contributed by atoms with Crippen molar-refractivity contribution in [1.82, 2.24) is 4.72 Å². The molecule has 0 aliphatic heterocycles. The molecule has 0 radical (unpaired) electrons. The van der Waals surface area contributed by atoms with Gasteiger partial charge in [0.15, 0.2) is 0 Å². The van der Waals surface area contributed by atoms with E-state index in [4.69, 9.17) is 9.15 Å². The molecule has 136 valence electrons. The van der Waals surface area contributed by atoms with E-state index in [0.717, 1.165) is 24.2 Å². The number of methoxy groups -OCH3 is 1. The molecule has 0 bridgehead atoms. The van der Waals surface area contributed by atoms with Gasteiger partial charge in [-0.1, -0.05) is 12.1 Å². The van der Waals surface area contributed by atoms with Gasteiger partial charge in [0, 0.05) is 6.54 Å². The van der Waals surface area contributed by atoms with Gasteiger partial charge in [0.1, 0.15) is 17.1 Å². The summed E-state index contributed by atoms with van der Waals surface area (Å²) in [6.45, 7) is -0.0733. The third kappa shape index (κ3) is 4.42. The number of sulfonamides is 1. The second kappa shape index (κ2) is 7.19. The maximum atomic E-state index is 12.3. The molecular weight excluding hydrogens is 342 g/mol. The average Bonchev–Trinajstić information content (AvgIpc) is 3.33. The highest BCUT2D eigenvalue weighted by molar-refractivity contribution is 7.89. The Morgan fingerprint density at radius 3 is 2.56 bits per heavy atom. The summed E-state index contributed by atoms with van der Waals surface area (Å²) in [6, 6.07) is 10.7. The van der Waals surface area contributed by atoms with Crippen molar-refractivity contribution < 1.29 is 22.7 Å². The minimum atomic E-state index is -3.51. The molecule has 0 saturated heterocycles. The third-order valence-corrected chi connectivity index (χ3v) is 5.91. The Hall–Kier alpha value is -1.83. The molecule has 7 heteroatoms. The molecule has 1 atom stereocenters. The van der Waals surface area contributed by atoms with E-state index in [9.17, 15) is 13.5 Å². The first-order chi connectivity index (χ1) is 11.9. The largest absolute Gasteiger partial charge is 0.497 e. The van der Waals surface area contributed by atoms with E-state index >= 15 is 0 Å². The van der Waals surface area contributed by atoms with Gasteiger partial charge in [0.2, 0.25) is 10.0 Å². The standard InChI is InChI=1S/C18H23NO5S/c1-23-16-8-4-14(5-9-16)10-12-25(21,22)19-13-18(20,15-6-7-15)17-3-2-11-24-17/h2-5,8-9,11,15,19-20H,6-7,10,12-13H2,1H3/t18-/m0/s1. The van der Waals surface area contributed by atoms with E-state index in [1.54, 1.807) is 31.4 Å². The van der Waals surface area contributed by atoms with E-state index in [2.05, 4.69) is 4.72 Å². The van der Waals surface area contributed by atoms with Crippen LogP contribution in [0.5, 0.6) is 5.75 Å². The average molecular weight is 365 g/mol. The number of nitrogens with one attached hydrogen (secondary N) is 1. The van der Waals surface area contributed by atoms with Gasteiger partial charge in [-0.05, 0) is 55.0 Å². The Kier molecular flexibility index (Phi) is 5.17. The number of hydrogen-bond acceptors (Lipinski definition) is 5. The van der Waals surface area contributed by atoms with Gasteiger partial charge in [-0.2, -0.15) is 0 Å². The smallest absolute Gasteiger partial charge is 0.212 e. The topological polar surface area (TPSA) is 88.8 Å². The van der Waals surface area contributed by atoms with Gasteiger partial charge >= 0.3 is 0 Å². The third-order valence-electron chi connectivity index (χ3n) is 4.58. The van der Waals surface area contributed by atoms with Gasteiger partial charge in [-0.25, -0.2) is 13.1 Å². The van der Waals surface area contributed by atoms with Crippen LogP contribution in [0.25, 0.3) is 0 Å². The van der Waals surface area contributed by atoms with Gasteiger partial charge in [-0.15, -0.1) is 0 Å². The molecular formula is C18H23NO5S. The highest BCUT2D eigenvalue weighted by atomic mass is 32.2. The summed E-state index contributed by atoms with van der Waals surface area (Å²) in [7, 11) is -1.92. The van der Waals surface area contributed by atoms with Crippen molar-refractivity contribution in [3.63, 3.8) is 0 Å². The fourth-order valence-corrected chi connectivity index (χ4v) is 3.94. The number of benzene rings is 1. The Morgan fingerprint density at radius 1 is 1.28 bits per heavy atom. The molecule has 1 heterocycles. The molecule has 0 unspecified atom stereocenters. The van der Waals surface area contributed by atoms with Crippen LogP contribution in [0.15, 0.2) is 47.1 Å². The van der Waals surface area contributed by atoms with Crippen LogP contribution in [0.3, 0.4) is 0 Å². The summed E-state index contributed by atoms with van der Waals surface area (Å²) in [5.74, 6) is 1.13. The summed E-state index contributed by atoms with van der Waals surface area (Å²) in [6.07, 6.45) is 3.61. The quantitative estimate of drug-likeness (QED) is 0.710. The van der Waals surface area contributed by atoms with Crippen molar-refractivity contribution >= 4 is 10.0 Å². The normalized spacial score (nSPS) is 17.2. The Labute approximate surface area is 147 Å². The first kappa shape index (κ1) is 18.0. The molecule has 6 nitrogen and oxygen atoms in total. The predicted octanol–water partition coefficient (Wildman–Crippen LogP) is 2.05. The molecule has 3 rings (SSSR count). The lowest BCUT2D eigenvalue weighted by molar-refractivity contribution is -0.00224. The van der Waals surface area contributed by atoms with Crippen molar-refractivity contribution in [2.75, 3.05) is 19.4 Å². The number of rotatable bonds is 9. The number of ether oxygens (including phenoxy) is 1. The molecule has 1 aromatic heterocycles. The molecule has 1 aromatic carbocycles. The second-order valence-corrected chi connectivity index (χ2v) is 8.34. The molecule has 1 aliphatic carbocycles. The minimum Gasteiger partial charge on any atom is -0.497 e. The lowest BCUT2D eigenvalue weighted by atomic mass is 9.95. The van der Waals surface area contributed by atoms with Crippen molar-refractivity contribution in [2.45, 2.75) is 24.9 Å². The van der Waals surface area contributed by atoms with Gasteiger partial charge in [0.05, 0.1) is 19.1 Å². The number of hydrogen-bond donors (Lipinski definition) is 2. The SMILES string of the molecule is COc1ccc(CCS(=O)(=O)NC[C@@](O)(c2ccco2)C2CC2)cc1. The van der Waals surface area contributed by atoms with E-state index in [1.165, 1.54) is 6.26 Å². The zero-order chi connectivity index (χ0) is 17.9. The summed E-state index contributed by atoms with van der Waals surface area (Å²) < 4.78 is 37.6. The van der Waals surface area contributed by atoms with Crippen molar-refractivity contribution in [3.05, 3.63) is 54.0 Å². The zero-order valence-electron chi connectivity index (χ0n) is 14.1. The zero-order valence-corrected chi connectivity index (χ0v) is 15.0. The first-order valence-corrected chi connectivity index (χ1v) is 9.95. The molecule has 2 aromatic rings. The molecule has 25 heavy (non-hydrogen) atoms. The van der Waals surface area contributed by atoms with E-state index in [0.29, 0.717) is 12.2 Å². The van der Waals surface area contributed by atoms with E-state index < -0.39 is 15.6 Å². The Morgan fingerprint density at radius 2 is 2.00 bits per heavy atom. The van der Waals surface area contributed by atoms with Crippen LogP contribution < -0.4 is 9.46 Å². The van der Waals surface area contributed by atoms with Crippen LogP contribution in [0.2, 0.25) is 0 Å². The maximum Gasteiger partial charge on any atom is 0.212 e. The summed E-state index contributed by atoms with van der Waals surface area (Å²) in [4.78, 5) is 0. The van der Waals surface area contributed by atoms with Crippen molar-refractivity contribution in [2.24, 2.45) is 5.92 Å². The van der Waals surface area contributed by atoms with Crippen molar-refractivity contribution in [3.8, 4) is 5.75 Å². The summed E-state index contributed by atoms with van der Waals surface area (Å²) in [5.41, 5.74) is -0.369. The van der Waals surface area contributed by atoms with Crippen molar-refractivity contribution in [1.29, 1.82) is 0 Å². The van der Waals surface area contributed by atoms with Crippen LogP contribution in [0, 0.1) is 5.92 Å². The molecule has 1 fully saturated rings. The molecule has 0 spiro atoms. The lowest BCUT2D eigenvalue weighted by Gasteiger charge is -2.26. The van der Waals surface area contributed by atoms with E-state index in [-0.39, 0.29) is 18.2 Å². The predicted molar refractivity (Wildman–Crippen MR) is 93.8 cm³/mol. The van der Waals surface area contributed by atoms with Gasteiger partial charge in [0.25, 0.3) is 0 Å².